The molecule has 1 aliphatic heterocycles. The number of hydrogen-bond donors (Lipinski definition) is 3. The molecule has 2 aromatic rings. The molecule has 9 heteroatoms. The van der Waals surface area contributed by atoms with Crippen LogP contribution in [-0.4, -0.2) is 41.6 Å². The van der Waals surface area contributed by atoms with Crippen LogP contribution in [0, 0.1) is 6.92 Å². The van der Waals surface area contributed by atoms with Gasteiger partial charge in [-0.1, -0.05) is 0 Å². The lowest BCUT2D eigenvalue weighted by atomic mass is 9.86. The number of carboxylic acids is 1. The lowest BCUT2D eigenvalue weighted by Crippen LogP contribution is -2.53. The number of aliphatic carboxylic acids is 1. The maximum absolute atomic E-state index is 12.8. The van der Waals surface area contributed by atoms with E-state index in [2.05, 4.69) is 10.6 Å². The number of carboxylic acid groups (broad SMARTS) is 1. The van der Waals surface area contributed by atoms with Crippen LogP contribution in [0.1, 0.15) is 45.1 Å². The second kappa shape index (κ2) is 7.93. The summed E-state index contributed by atoms with van der Waals surface area (Å²) in [6, 6.07) is 4.86. The van der Waals surface area contributed by atoms with E-state index in [1.807, 2.05) is 0 Å². The number of aryl methyl sites for hydroxylation is 1. The van der Waals surface area contributed by atoms with Crippen molar-refractivity contribution in [1.82, 2.24) is 5.32 Å². The van der Waals surface area contributed by atoms with Crippen molar-refractivity contribution in [2.24, 2.45) is 0 Å². The molecule has 0 unspecified atom stereocenters. The molecule has 1 saturated heterocycles. The van der Waals surface area contributed by atoms with E-state index in [9.17, 15) is 19.5 Å². The van der Waals surface area contributed by atoms with Crippen molar-refractivity contribution in [3.63, 3.8) is 0 Å². The largest absolute Gasteiger partial charge is 0.481 e. The molecule has 0 saturated carbocycles. The highest BCUT2D eigenvalue weighted by Gasteiger charge is 2.37. The lowest BCUT2D eigenvalue weighted by Gasteiger charge is -2.36. The Morgan fingerprint density at radius 3 is 2.63 bits per heavy atom. The highest BCUT2D eigenvalue weighted by Crippen LogP contribution is 2.30. The minimum atomic E-state index is -0.966. The maximum Gasteiger partial charge on any atom is 0.305 e. The van der Waals surface area contributed by atoms with E-state index in [1.165, 1.54) is 6.26 Å². The summed E-state index contributed by atoms with van der Waals surface area (Å²) in [4.78, 5) is 36.5. The van der Waals surface area contributed by atoms with Gasteiger partial charge in [0.05, 0.1) is 28.1 Å². The Morgan fingerprint density at radius 2 is 2.00 bits per heavy atom. The molecule has 0 aliphatic carbocycles. The second-order valence-electron chi connectivity index (χ2n) is 6.47. The Labute approximate surface area is 159 Å². The number of carbonyl (C=O) groups excluding carboxylic acids is 2. The molecule has 0 aromatic carbocycles. The van der Waals surface area contributed by atoms with Crippen LogP contribution in [0.15, 0.2) is 28.9 Å². The molecule has 3 rings (SSSR count). The molecule has 8 nitrogen and oxygen atoms in total. The highest BCUT2D eigenvalue weighted by molar-refractivity contribution is 7.18. The molecule has 2 aromatic heterocycles. The number of furan rings is 1. The molecule has 0 radical (unpaired) electrons. The topological polar surface area (TPSA) is 118 Å². The molecule has 3 heterocycles. The van der Waals surface area contributed by atoms with Crippen molar-refractivity contribution >= 4 is 34.1 Å². The van der Waals surface area contributed by atoms with E-state index in [1.54, 1.807) is 25.1 Å². The Kier molecular flexibility index (Phi) is 5.62. The van der Waals surface area contributed by atoms with Gasteiger partial charge in [-0.15, -0.1) is 11.3 Å². The molecule has 27 heavy (non-hydrogen) atoms. The summed E-state index contributed by atoms with van der Waals surface area (Å²) < 4.78 is 10.4. The van der Waals surface area contributed by atoms with Gasteiger partial charge in [-0.25, -0.2) is 0 Å². The number of carbonyl (C=O) groups is 3. The van der Waals surface area contributed by atoms with Gasteiger partial charge in [0.2, 0.25) is 0 Å². The van der Waals surface area contributed by atoms with Crippen molar-refractivity contribution in [2.45, 2.75) is 31.7 Å². The van der Waals surface area contributed by atoms with Gasteiger partial charge in [0.15, 0.2) is 5.76 Å². The highest BCUT2D eigenvalue weighted by atomic mass is 32.1. The van der Waals surface area contributed by atoms with Gasteiger partial charge in [-0.2, -0.15) is 0 Å². The Morgan fingerprint density at radius 1 is 1.26 bits per heavy atom. The molecule has 1 aliphatic rings. The van der Waals surface area contributed by atoms with Crippen LogP contribution < -0.4 is 10.6 Å². The van der Waals surface area contributed by atoms with Gasteiger partial charge in [-0.05, 0) is 43.5 Å². The summed E-state index contributed by atoms with van der Waals surface area (Å²) in [5, 5.41) is 15.3. The maximum atomic E-state index is 12.8. The first-order chi connectivity index (χ1) is 12.9. The number of nitrogens with one attached hydrogen (secondary N) is 2. The Balaban J connectivity index is 1.73. The summed E-state index contributed by atoms with van der Waals surface area (Å²) in [5.74, 6) is -1.54. The zero-order chi connectivity index (χ0) is 19.4. The van der Waals surface area contributed by atoms with E-state index in [-0.39, 0.29) is 18.1 Å². The van der Waals surface area contributed by atoms with Gasteiger partial charge in [0, 0.05) is 13.2 Å². The first-order valence-electron chi connectivity index (χ1n) is 8.46. The average molecular weight is 392 g/mol. The molecule has 0 atom stereocenters. The Bertz CT molecular complexity index is 836. The smallest absolute Gasteiger partial charge is 0.305 e. The van der Waals surface area contributed by atoms with Gasteiger partial charge in [0.1, 0.15) is 0 Å². The van der Waals surface area contributed by atoms with Gasteiger partial charge in [-0.3, -0.25) is 14.4 Å². The van der Waals surface area contributed by atoms with E-state index >= 15 is 0 Å². The van der Waals surface area contributed by atoms with Crippen LogP contribution in [0.25, 0.3) is 0 Å². The number of rotatable bonds is 6. The van der Waals surface area contributed by atoms with Crippen LogP contribution in [0.4, 0.5) is 5.00 Å². The predicted octanol–water partition coefficient (Wildman–Crippen LogP) is 2.66. The number of anilines is 1. The molecular weight excluding hydrogens is 372 g/mol. The molecular formula is C18H20N2O6S. The summed E-state index contributed by atoms with van der Waals surface area (Å²) in [5.41, 5.74) is -0.125. The predicted molar refractivity (Wildman–Crippen MR) is 98.2 cm³/mol. The normalized spacial score (nSPS) is 15.9. The first-order valence-corrected chi connectivity index (χ1v) is 9.27. The summed E-state index contributed by atoms with van der Waals surface area (Å²) in [7, 11) is 0. The van der Waals surface area contributed by atoms with E-state index in [4.69, 9.17) is 9.15 Å². The molecule has 1 fully saturated rings. The molecule has 144 valence electrons. The monoisotopic (exact) mass is 392 g/mol. The zero-order valence-corrected chi connectivity index (χ0v) is 15.6. The number of thiophene rings is 1. The van der Waals surface area contributed by atoms with Crippen LogP contribution >= 0.6 is 11.3 Å². The SMILES string of the molecule is Cc1cc(NC(=O)c2ccco2)sc1C(=O)NC1(CC(=O)O)CCOCC1. The van der Waals surface area contributed by atoms with E-state index in [0.29, 0.717) is 41.5 Å². The standard InChI is InChI=1S/C18H20N2O6S/c1-11-9-13(19-16(23)12-3-2-6-26-12)27-15(11)17(24)20-18(10-14(21)22)4-7-25-8-5-18/h2-3,6,9H,4-5,7-8,10H2,1H3,(H,19,23)(H,20,24)(H,21,22). The molecule has 2 amide bonds. The van der Waals surface area contributed by atoms with Gasteiger partial charge < -0.3 is 24.9 Å². The number of hydrogen-bond acceptors (Lipinski definition) is 6. The molecule has 0 spiro atoms. The third-order valence-electron chi connectivity index (χ3n) is 4.42. The van der Waals surface area contributed by atoms with Crippen LogP contribution in [0.5, 0.6) is 0 Å². The van der Waals surface area contributed by atoms with Gasteiger partial charge in [0.25, 0.3) is 11.8 Å². The van der Waals surface area contributed by atoms with Crippen molar-refractivity contribution < 1.29 is 28.6 Å². The number of ether oxygens (including phenoxy) is 1. The quantitative estimate of drug-likeness (QED) is 0.696. The van der Waals surface area contributed by atoms with Gasteiger partial charge >= 0.3 is 5.97 Å². The Hall–Kier alpha value is -2.65. The summed E-state index contributed by atoms with van der Waals surface area (Å²) in [6.45, 7) is 2.57. The second-order valence-corrected chi connectivity index (χ2v) is 7.52. The number of amides is 2. The van der Waals surface area contributed by atoms with Crippen molar-refractivity contribution in [3.8, 4) is 0 Å². The average Bonchev–Trinajstić information content (AvgIpc) is 3.24. The minimum absolute atomic E-state index is 0.158. The van der Waals surface area contributed by atoms with Crippen LogP contribution in [-0.2, 0) is 9.53 Å². The zero-order valence-electron chi connectivity index (χ0n) is 14.7. The van der Waals surface area contributed by atoms with E-state index < -0.39 is 17.4 Å². The fourth-order valence-corrected chi connectivity index (χ4v) is 4.01. The van der Waals surface area contributed by atoms with Crippen LogP contribution in [0.2, 0.25) is 0 Å². The first kappa shape index (κ1) is 19.1. The fourth-order valence-electron chi connectivity index (χ4n) is 3.05. The molecule has 0 bridgehead atoms. The summed E-state index contributed by atoms with van der Waals surface area (Å²) >= 11 is 1.14. The third kappa shape index (κ3) is 4.55. The van der Waals surface area contributed by atoms with E-state index in [0.717, 1.165) is 11.3 Å². The van der Waals surface area contributed by atoms with Crippen molar-refractivity contribution in [2.75, 3.05) is 18.5 Å². The minimum Gasteiger partial charge on any atom is -0.481 e. The summed E-state index contributed by atoms with van der Waals surface area (Å²) in [6.07, 6.45) is 2.13. The van der Waals surface area contributed by atoms with Crippen LogP contribution in [0.3, 0.4) is 0 Å². The van der Waals surface area contributed by atoms with Crippen molar-refractivity contribution in [3.05, 3.63) is 40.7 Å². The lowest BCUT2D eigenvalue weighted by molar-refractivity contribution is -0.139. The molecule has 3 N–H and O–H groups in total. The fraction of sp³-hybridized carbons (Fsp3) is 0.389. The van der Waals surface area contributed by atoms with Crippen molar-refractivity contribution in [1.29, 1.82) is 0 Å². The third-order valence-corrected chi connectivity index (χ3v) is 5.58.